The molecule has 186 valence electrons. The largest absolute Gasteiger partial charge is 0.340 e. The molecule has 8 aliphatic rings. The molecule has 1 unspecified atom stereocenters. The van der Waals surface area contributed by atoms with Crippen LogP contribution in [0.4, 0.5) is 0 Å². The Morgan fingerprint density at radius 2 is 1.21 bits per heavy atom. The van der Waals surface area contributed by atoms with Crippen molar-refractivity contribution in [2.75, 3.05) is 0 Å². The standard InChI is InChI=1S/C26H36N2O6/c29-20(13-25-7-14-1-15(8-25)3-16(2-14)9-25)34-28-24(32)22(30)21(23(31)27-33)26-10-17-4-18(11-26)6-19(5-17)12-26/h14-19,21,33H,1-13H2,(H,27,31)(H,28,32). The smallest absolute Gasteiger partial charge is 0.332 e. The van der Waals surface area contributed by atoms with Crippen LogP contribution in [-0.4, -0.2) is 28.8 Å². The molecule has 0 saturated heterocycles. The molecule has 8 bridgehead atoms. The van der Waals surface area contributed by atoms with Crippen LogP contribution < -0.4 is 11.0 Å². The second-order valence-corrected chi connectivity index (χ2v) is 13.1. The molecule has 8 saturated carbocycles. The third kappa shape index (κ3) is 3.76. The third-order valence-corrected chi connectivity index (χ3v) is 10.5. The van der Waals surface area contributed by atoms with Crippen LogP contribution >= 0.6 is 0 Å². The van der Waals surface area contributed by atoms with E-state index in [0.717, 1.165) is 57.8 Å². The minimum absolute atomic E-state index is 0.0287. The molecular formula is C26H36N2O6. The second-order valence-electron chi connectivity index (χ2n) is 13.1. The van der Waals surface area contributed by atoms with E-state index in [-0.39, 0.29) is 11.8 Å². The number of carbonyl (C=O) groups excluding carboxylic acids is 4. The summed E-state index contributed by atoms with van der Waals surface area (Å²) < 4.78 is 0. The van der Waals surface area contributed by atoms with Crippen LogP contribution in [0.25, 0.3) is 0 Å². The maximum Gasteiger partial charge on any atom is 0.332 e. The number of hydroxylamine groups is 2. The van der Waals surface area contributed by atoms with Gasteiger partial charge in [-0.05, 0) is 123 Å². The van der Waals surface area contributed by atoms with E-state index in [9.17, 15) is 24.4 Å². The lowest BCUT2D eigenvalue weighted by atomic mass is 9.46. The first-order chi connectivity index (χ1) is 16.3. The van der Waals surface area contributed by atoms with Gasteiger partial charge in [0.25, 0.3) is 5.91 Å². The topological polar surface area (TPSA) is 122 Å². The first kappa shape index (κ1) is 22.5. The Morgan fingerprint density at radius 1 is 0.765 bits per heavy atom. The van der Waals surface area contributed by atoms with Crippen molar-refractivity contribution in [3.63, 3.8) is 0 Å². The molecule has 0 aromatic heterocycles. The van der Waals surface area contributed by atoms with Crippen molar-refractivity contribution in [2.24, 2.45) is 52.3 Å². The van der Waals surface area contributed by atoms with Crippen LogP contribution in [0, 0.1) is 52.3 Å². The normalized spacial score (nSPS) is 43.9. The quantitative estimate of drug-likeness (QED) is 0.236. The van der Waals surface area contributed by atoms with E-state index in [2.05, 4.69) is 5.48 Å². The zero-order valence-corrected chi connectivity index (χ0v) is 19.7. The summed E-state index contributed by atoms with van der Waals surface area (Å²) >= 11 is 0. The van der Waals surface area contributed by atoms with E-state index < -0.39 is 34.9 Å². The molecular weight excluding hydrogens is 436 g/mol. The van der Waals surface area contributed by atoms with Gasteiger partial charge < -0.3 is 4.84 Å². The Kier molecular flexibility index (Phi) is 5.32. The summed E-state index contributed by atoms with van der Waals surface area (Å²) in [4.78, 5) is 56.4. The molecule has 1 atom stereocenters. The highest BCUT2D eigenvalue weighted by Crippen LogP contribution is 2.63. The van der Waals surface area contributed by atoms with Crippen molar-refractivity contribution < 1.29 is 29.2 Å². The summed E-state index contributed by atoms with van der Waals surface area (Å²) in [5.74, 6) is -1.09. The van der Waals surface area contributed by atoms with Crippen molar-refractivity contribution in [1.82, 2.24) is 11.0 Å². The van der Waals surface area contributed by atoms with Crippen molar-refractivity contribution in [3.8, 4) is 0 Å². The Bertz CT molecular complexity index is 842. The fourth-order valence-corrected chi connectivity index (χ4v) is 10.4. The van der Waals surface area contributed by atoms with Gasteiger partial charge in [0.05, 0.1) is 6.42 Å². The summed E-state index contributed by atoms with van der Waals surface area (Å²) in [6.07, 6.45) is 12.8. The monoisotopic (exact) mass is 472 g/mol. The SMILES string of the molecule is O=C(CC12CC3CC(CC(C3)C1)C2)ONC(=O)C(=O)C(C(=O)NO)C12CC3CC(CC(C3)C1)C2. The maximum absolute atomic E-state index is 13.2. The fourth-order valence-electron chi connectivity index (χ4n) is 10.4. The maximum atomic E-state index is 13.2. The zero-order chi connectivity index (χ0) is 23.7. The zero-order valence-electron chi connectivity index (χ0n) is 19.7. The van der Waals surface area contributed by atoms with Gasteiger partial charge in [0.1, 0.15) is 5.92 Å². The summed E-state index contributed by atoms with van der Waals surface area (Å²) in [6.45, 7) is 0. The van der Waals surface area contributed by atoms with E-state index in [1.807, 2.05) is 0 Å². The average molecular weight is 473 g/mol. The molecule has 8 nitrogen and oxygen atoms in total. The minimum atomic E-state index is -1.26. The van der Waals surface area contributed by atoms with E-state index in [4.69, 9.17) is 4.84 Å². The highest BCUT2D eigenvalue weighted by atomic mass is 16.7. The van der Waals surface area contributed by atoms with Crippen LogP contribution in [0.15, 0.2) is 0 Å². The third-order valence-electron chi connectivity index (χ3n) is 10.5. The van der Waals surface area contributed by atoms with Gasteiger partial charge in [-0.3, -0.25) is 19.6 Å². The van der Waals surface area contributed by atoms with Gasteiger partial charge >= 0.3 is 11.9 Å². The number of rotatable bonds is 6. The van der Waals surface area contributed by atoms with E-state index in [0.29, 0.717) is 35.5 Å². The van der Waals surface area contributed by atoms with Crippen LogP contribution in [-0.2, 0) is 24.0 Å². The van der Waals surface area contributed by atoms with Gasteiger partial charge in [0.2, 0.25) is 5.78 Å². The highest BCUT2D eigenvalue weighted by Gasteiger charge is 2.59. The van der Waals surface area contributed by atoms with Gasteiger partial charge in [-0.15, -0.1) is 0 Å². The van der Waals surface area contributed by atoms with Crippen molar-refractivity contribution in [1.29, 1.82) is 0 Å². The Hall–Kier alpha value is -1.96. The van der Waals surface area contributed by atoms with Gasteiger partial charge in [-0.2, -0.15) is 5.48 Å². The number of carbonyl (C=O) groups is 4. The molecule has 3 N–H and O–H groups in total. The van der Waals surface area contributed by atoms with E-state index >= 15 is 0 Å². The number of Topliss-reactive ketones (excluding diaryl/α,β-unsaturated/α-hetero) is 1. The molecule has 8 fully saturated rings. The molecule has 0 aromatic rings. The predicted molar refractivity (Wildman–Crippen MR) is 118 cm³/mol. The summed E-state index contributed by atoms with van der Waals surface area (Å²) in [7, 11) is 0. The molecule has 2 amide bonds. The molecule has 8 heteroatoms. The van der Waals surface area contributed by atoms with Crippen molar-refractivity contribution >= 4 is 23.6 Å². The predicted octanol–water partition coefficient (Wildman–Crippen LogP) is 3.07. The van der Waals surface area contributed by atoms with Crippen LogP contribution in [0.1, 0.15) is 83.5 Å². The van der Waals surface area contributed by atoms with E-state index in [1.54, 1.807) is 5.48 Å². The fraction of sp³-hybridized carbons (Fsp3) is 0.846. The molecule has 8 aliphatic carbocycles. The number of hydrogen-bond donors (Lipinski definition) is 3. The van der Waals surface area contributed by atoms with Crippen LogP contribution in [0.5, 0.6) is 0 Å². The van der Waals surface area contributed by atoms with E-state index in [1.165, 1.54) is 19.3 Å². The first-order valence-corrected chi connectivity index (χ1v) is 13.2. The second kappa shape index (κ2) is 8.04. The van der Waals surface area contributed by atoms with Crippen molar-refractivity contribution in [2.45, 2.75) is 83.5 Å². The number of ketones is 1. The molecule has 34 heavy (non-hydrogen) atoms. The molecule has 0 radical (unpaired) electrons. The Balaban J connectivity index is 1.10. The van der Waals surface area contributed by atoms with Gasteiger partial charge in [0.15, 0.2) is 0 Å². The molecule has 0 spiro atoms. The summed E-state index contributed by atoms with van der Waals surface area (Å²) in [6, 6.07) is 0. The minimum Gasteiger partial charge on any atom is -0.340 e. The summed E-state index contributed by atoms with van der Waals surface area (Å²) in [5, 5.41) is 9.38. The van der Waals surface area contributed by atoms with Crippen LogP contribution in [0.2, 0.25) is 0 Å². The lowest BCUT2D eigenvalue weighted by Gasteiger charge is -2.58. The van der Waals surface area contributed by atoms with Gasteiger partial charge in [0, 0.05) is 0 Å². The lowest BCUT2D eigenvalue weighted by molar-refractivity contribution is -0.170. The first-order valence-electron chi connectivity index (χ1n) is 13.2. The Morgan fingerprint density at radius 3 is 1.65 bits per heavy atom. The molecule has 0 aromatic carbocycles. The molecule has 8 rings (SSSR count). The number of hydrogen-bond acceptors (Lipinski definition) is 6. The Labute approximate surface area is 199 Å². The van der Waals surface area contributed by atoms with Crippen LogP contribution in [0.3, 0.4) is 0 Å². The molecule has 0 aliphatic heterocycles. The molecule has 0 heterocycles. The average Bonchev–Trinajstić information content (AvgIpc) is 2.75. The summed E-state index contributed by atoms with van der Waals surface area (Å²) in [5.41, 5.74) is 3.06. The van der Waals surface area contributed by atoms with Gasteiger partial charge in [-0.1, -0.05) is 0 Å². The lowest BCUT2D eigenvalue weighted by Crippen LogP contribution is -2.57. The van der Waals surface area contributed by atoms with Gasteiger partial charge in [-0.25, -0.2) is 10.3 Å². The number of nitrogens with one attached hydrogen (secondary N) is 2. The number of amides is 2. The highest BCUT2D eigenvalue weighted by molar-refractivity contribution is 6.40. The van der Waals surface area contributed by atoms with Crippen molar-refractivity contribution in [3.05, 3.63) is 0 Å².